The second-order valence-corrected chi connectivity index (χ2v) is 7.36. The molecule has 0 spiro atoms. The van der Waals surface area contributed by atoms with Crippen molar-refractivity contribution in [3.63, 3.8) is 0 Å². The van der Waals surface area contributed by atoms with Gasteiger partial charge in [0.2, 0.25) is 10.0 Å². The highest BCUT2D eigenvalue weighted by Crippen LogP contribution is 2.17. The Balaban J connectivity index is 3.04. The van der Waals surface area contributed by atoms with Crippen molar-refractivity contribution in [1.82, 2.24) is 4.72 Å². The van der Waals surface area contributed by atoms with Crippen LogP contribution in [-0.4, -0.2) is 38.6 Å². The van der Waals surface area contributed by atoms with Gasteiger partial charge in [-0.1, -0.05) is 19.9 Å². The van der Waals surface area contributed by atoms with E-state index in [-0.39, 0.29) is 24.3 Å². The van der Waals surface area contributed by atoms with Gasteiger partial charge in [0.15, 0.2) is 0 Å². The minimum Gasteiger partial charge on any atom is -0.480 e. The summed E-state index contributed by atoms with van der Waals surface area (Å²) in [4.78, 5) is 21.9. The molecule has 9 heteroatoms. The maximum absolute atomic E-state index is 14.0. The summed E-state index contributed by atoms with van der Waals surface area (Å²) in [6, 6.07) is 1.69. The van der Waals surface area contributed by atoms with E-state index in [9.17, 15) is 22.4 Å². The van der Waals surface area contributed by atoms with Crippen LogP contribution < -0.4 is 4.72 Å². The van der Waals surface area contributed by atoms with Gasteiger partial charge in [-0.3, -0.25) is 9.59 Å². The lowest BCUT2D eigenvalue weighted by molar-refractivity contribution is -0.140. The van der Waals surface area contributed by atoms with Gasteiger partial charge in [0.05, 0.1) is 18.4 Å². The number of esters is 1. The van der Waals surface area contributed by atoms with Gasteiger partial charge in [0, 0.05) is 0 Å². The summed E-state index contributed by atoms with van der Waals surface area (Å²) in [5.74, 6) is -2.91. The molecule has 0 aliphatic carbocycles. The summed E-state index contributed by atoms with van der Waals surface area (Å²) in [6.07, 6.45) is -0.237. The number of aliphatic carboxylic acids is 1. The Morgan fingerprint density at radius 1 is 1.33 bits per heavy atom. The average Bonchev–Trinajstić information content (AvgIpc) is 2.47. The highest BCUT2D eigenvalue weighted by atomic mass is 32.2. The summed E-state index contributed by atoms with van der Waals surface area (Å²) in [5.41, 5.74) is -0.0160. The Hall–Kier alpha value is -2.00. The maximum atomic E-state index is 14.0. The molecule has 134 valence electrons. The predicted octanol–water partition coefficient (Wildman–Crippen LogP) is 1.32. The van der Waals surface area contributed by atoms with Crippen LogP contribution in [0.25, 0.3) is 0 Å². The molecule has 0 bridgehead atoms. The third kappa shape index (κ3) is 5.57. The van der Waals surface area contributed by atoms with Crippen molar-refractivity contribution in [1.29, 1.82) is 0 Å². The van der Waals surface area contributed by atoms with Crippen LogP contribution in [0.1, 0.15) is 25.8 Å². The number of carboxylic acids is 1. The molecule has 0 saturated carbocycles. The monoisotopic (exact) mass is 361 g/mol. The standard InChI is InChI=1S/C15H20FNO6S/c1-9(2)6-13(15(19)20)17-24(21,22)11-5-4-10(12(16)8-11)7-14(18)23-3/h4-5,8-9,13,17H,6-7H2,1-3H3,(H,19,20). The van der Waals surface area contributed by atoms with Crippen LogP contribution >= 0.6 is 0 Å². The zero-order valence-corrected chi connectivity index (χ0v) is 14.4. The highest BCUT2D eigenvalue weighted by molar-refractivity contribution is 7.89. The Morgan fingerprint density at radius 2 is 1.96 bits per heavy atom. The summed E-state index contributed by atoms with van der Waals surface area (Å²) in [5, 5.41) is 9.10. The van der Waals surface area contributed by atoms with Crippen molar-refractivity contribution in [2.75, 3.05) is 7.11 Å². The molecule has 2 N–H and O–H groups in total. The lowest BCUT2D eigenvalue weighted by atomic mass is 10.1. The van der Waals surface area contributed by atoms with Crippen molar-refractivity contribution < 1.29 is 32.2 Å². The molecule has 1 aromatic carbocycles. The molecule has 0 heterocycles. The number of hydrogen-bond acceptors (Lipinski definition) is 5. The largest absolute Gasteiger partial charge is 0.480 e. The van der Waals surface area contributed by atoms with Crippen LogP contribution in [0.2, 0.25) is 0 Å². The first-order chi connectivity index (χ1) is 11.1. The minimum atomic E-state index is -4.21. The lowest BCUT2D eigenvalue weighted by Gasteiger charge is -2.17. The highest BCUT2D eigenvalue weighted by Gasteiger charge is 2.26. The van der Waals surface area contributed by atoms with Crippen molar-refractivity contribution in [2.24, 2.45) is 5.92 Å². The fourth-order valence-corrected chi connectivity index (χ4v) is 3.21. The molecule has 0 aliphatic heterocycles. The molecular weight excluding hydrogens is 341 g/mol. The van der Waals surface area contributed by atoms with Crippen molar-refractivity contribution in [2.45, 2.75) is 37.6 Å². The fourth-order valence-electron chi connectivity index (χ4n) is 1.99. The molecule has 1 rings (SSSR count). The molecular formula is C15H20FNO6S. The first kappa shape index (κ1) is 20.0. The molecule has 0 fully saturated rings. The first-order valence-electron chi connectivity index (χ1n) is 7.17. The number of benzene rings is 1. The molecule has 7 nitrogen and oxygen atoms in total. The summed E-state index contributed by atoms with van der Waals surface area (Å²) >= 11 is 0. The van der Waals surface area contributed by atoms with E-state index in [1.165, 1.54) is 0 Å². The maximum Gasteiger partial charge on any atom is 0.321 e. The Bertz CT molecular complexity index is 717. The van der Waals surface area contributed by atoms with Crippen molar-refractivity contribution in [3.05, 3.63) is 29.6 Å². The number of methoxy groups -OCH3 is 1. The topological polar surface area (TPSA) is 110 Å². The number of hydrogen-bond donors (Lipinski definition) is 2. The SMILES string of the molecule is COC(=O)Cc1ccc(S(=O)(=O)NC(CC(C)C)C(=O)O)cc1F. The van der Waals surface area contributed by atoms with Gasteiger partial charge in [-0.25, -0.2) is 12.8 Å². The van der Waals surface area contributed by atoms with E-state index < -0.39 is 38.7 Å². The number of nitrogens with one attached hydrogen (secondary N) is 1. The molecule has 0 radical (unpaired) electrons. The normalized spacial score (nSPS) is 12.9. The van der Waals surface area contributed by atoms with E-state index in [1.54, 1.807) is 13.8 Å². The minimum absolute atomic E-state index is 0.0160. The second-order valence-electron chi connectivity index (χ2n) is 5.65. The zero-order chi connectivity index (χ0) is 18.5. The predicted molar refractivity (Wildman–Crippen MR) is 83.3 cm³/mol. The van der Waals surface area contributed by atoms with Crippen LogP contribution in [0, 0.1) is 11.7 Å². The van der Waals surface area contributed by atoms with Crippen LogP contribution in [0.3, 0.4) is 0 Å². The molecule has 0 aliphatic rings. The third-order valence-corrected chi connectivity index (χ3v) is 4.67. The smallest absolute Gasteiger partial charge is 0.321 e. The summed E-state index contributed by atoms with van der Waals surface area (Å²) in [7, 11) is -3.05. The molecule has 24 heavy (non-hydrogen) atoms. The second kappa shape index (κ2) is 8.20. The molecule has 1 aromatic rings. The van der Waals surface area contributed by atoms with Crippen molar-refractivity contribution >= 4 is 22.0 Å². The van der Waals surface area contributed by atoms with E-state index in [0.29, 0.717) is 0 Å². The van der Waals surface area contributed by atoms with E-state index in [1.807, 2.05) is 0 Å². The molecule has 0 aromatic heterocycles. The Labute approximate surface area is 139 Å². The van der Waals surface area contributed by atoms with Gasteiger partial charge in [-0.05, 0) is 30.0 Å². The fraction of sp³-hybridized carbons (Fsp3) is 0.467. The number of rotatable bonds is 8. The molecule has 0 saturated heterocycles. The van der Waals surface area contributed by atoms with E-state index in [4.69, 9.17) is 5.11 Å². The first-order valence-corrected chi connectivity index (χ1v) is 8.65. The number of halogens is 1. The number of sulfonamides is 1. The number of carboxylic acid groups (broad SMARTS) is 1. The third-order valence-electron chi connectivity index (χ3n) is 3.20. The molecule has 1 atom stereocenters. The van der Waals surface area contributed by atoms with Crippen LogP contribution in [0.5, 0.6) is 0 Å². The van der Waals surface area contributed by atoms with E-state index in [0.717, 1.165) is 25.3 Å². The van der Waals surface area contributed by atoms with E-state index in [2.05, 4.69) is 9.46 Å². The van der Waals surface area contributed by atoms with Gasteiger partial charge >= 0.3 is 11.9 Å². The number of carbonyl (C=O) groups excluding carboxylic acids is 1. The zero-order valence-electron chi connectivity index (χ0n) is 13.6. The van der Waals surface area contributed by atoms with Crippen LogP contribution in [-0.2, 0) is 30.8 Å². The van der Waals surface area contributed by atoms with Gasteiger partial charge < -0.3 is 9.84 Å². The van der Waals surface area contributed by atoms with Gasteiger partial charge in [-0.15, -0.1) is 0 Å². The molecule has 1 unspecified atom stereocenters. The average molecular weight is 361 g/mol. The molecule has 0 amide bonds. The summed E-state index contributed by atoms with van der Waals surface area (Å²) < 4.78 is 44.9. The van der Waals surface area contributed by atoms with Gasteiger partial charge in [0.1, 0.15) is 11.9 Å². The van der Waals surface area contributed by atoms with Gasteiger partial charge in [0.25, 0.3) is 0 Å². The Kier molecular flexibility index (Phi) is 6.85. The Morgan fingerprint density at radius 3 is 2.42 bits per heavy atom. The van der Waals surface area contributed by atoms with Crippen LogP contribution in [0.4, 0.5) is 4.39 Å². The van der Waals surface area contributed by atoms with Gasteiger partial charge in [-0.2, -0.15) is 4.72 Å². The quantitative estimate of drug-likeness (QED) is 0.676. The lowest BCUT2D eigenvalue weighted by Crippen LogP contribution is -2.41. The van der Waals surface area contributed by atoms with Crippen molar-refractivity contribution in [3.8, 4) is 0 Å². The summed E-state index contributed by atoms with van der Waals surface area (Å²) in [6.45, 7) is 3.51. The van der Waals surface area contributed by atoms with Crippen LogP contribution in [0.15, 0.2) is 23.1 Å². The number of ether oxygens (including phenoxy) is 1. The van der Waals surface area contributed by atoms with E-state index >= 15 is 0 Å². The number of carbonyl (C=O) groups is 2.